The molecule has 1 unspecified atom stereocenters. The fourth-order valence-electron chi connectivity index (χ4n) is 1.62. The number of nitrogens with one attached hydrogen (secondary N) is 1. The summed E-state index contributed by atoms with van der Waals surface area (Å²) in [5.41, 5.74) is -0.00183. The number of ether oxygens (including phenoxy) is 1. The third kappa shape index (κ3) is 4.88. The second kappa shape index (κ2) is 7.10. The van der Waals surface area contributed by atoms with Crippen molar-refractivity contribution in [3.8, 4) is 11.8 Å². The normalized spacial score (nSPS) is 13.6. The molecule has 0 heterocycles. The minimum Gasteiger partial charge on any atom is -0.493 e. The van der Waals surface area contributed by atoms with E-state index in [1.807, 2.05) is 6.92 Å². The van der Waals surface area contributed by atoms with Gasteiger partial charge in [0.25, 0.3) is 0 Å². The molecule has 1 N–H and O–H groups in total. The molecule has 4 heteroatoms. The summed E-state index contributed by atoms with van der Waals surface area (Å²) >= 11 is 0. The maximum Gasteiger partial charge on any atom is 0.129 e. The van der Waals surface area contributed by atoms with Crippen molar-refractivity contribution in [1.82, 2.24) is 5.32 Å². The highest BCUT2D eigenvalue weighted by molar-refractivity contribution is 5.28. The molecule has 0 saturated heterocycles. The van der Waals surface area contributed by atoms with E-state index in [0.717, 1.165) is 13.0 Å². The Hall–Kier alpha value is -1.60. The molecule has 0 aromatic heterocycles. The Morgan fingerprint density at radius 2 is 2.21 bits per heavy atom. The second-order valence-corrected chi connectivity index (χ2v) is 4.88. The summed E-state index contributed by atoms with van der Waals surface area (Å²) in [6, 6.07) is 7.05. The first-order valence-electron chi connectivity index (χ1n) is 6.56. The zero-order valence-electron chi connectivity index (χ0n) is 11.8. The first kappa shape index (κ1) is 15.5. The van der Waals surface area contributed by atoms with Gasteiger partial charge < -0.3 is 4.74 Å². The van der Waals surface area contributed by atoms with Crippen LogP contribution in [0.15, 0.2) is 18.2 Å². The predicted octanol–water partition coefficient (Wildman–Crippen LogP) is 3.18. The van der Waals surface area contributed by atoms with Gasteiger partial charge >= 0.3 is 0 Å². The summed E-state index contributed by atoms with van der Waals surface area (Å²) in [6.45, 7) is 6.78. The Morgan fingerprint density at radius 1 is 1.47 bits per heavy atom. The lowest BCUT2D eigenvalue weighted by Gasteiger charge is -2.23. The molecule has 0 bridgehead atoms. The molecule has 0 aliphatic carbocycles. The van der Waals surface area contributed by atoms with Crippen molar-refractivity contribution in [1.29, 1.82) is 5.26 Å². The van der Waals surface area contributed by atoms with Crippen LogP contribution in [0.25, 0.3) is 0 Å². The zero-order valence-corrected chi connectivity index (χ0v) is 11.8. The Labute approximate surface area is 114 Å². The molecule has 0 spiro atoms. The van der Waals surface area contributed by atoms with E-state index in [-0.39, 0.29) is 5.82 Å². The van der Waals surface area contributed by atoms with E-state index in [2.05, 4.69) is 18.3 Å². The third-order valence-electron chi connectivity index (χ3n) is 3.03. The number of nitrogens with zero attached hydrogens (tertiary/aromatic N) is 1. The van der Waals surface area contributed by atoms with Gasteiger partial charge in [0, 0.05) is 12.5 Å². The van der Waals surface area contributed by atoms with Gasteiger partial charge in [-0.2, -0.15) is 5.26 Å². The zero-order chi connectivity index (χ0) is 14.3. The van der Waals surface area contributed by atoms with Crippen LogP contribution < -0.4 is 10.1 Å². The number of benzene rings is 1. The van der Waals surface area contributed by atoms with Crippen LogP contribution >= 0.6 is 0 Å². The minimum atomic E-state index is -0.598. The molecule has 1 aromatic carbocycles. The maximum atomic E-state index is 13.3. The molecule has 0 saturated carbocycles. The monoisotopic (exact) mass is 264 g/mol. The first-order valence-corrected chi connectivity index (χ1v) is 6.56. The van der Waals surface area contributed by atoms with Crippen LogP contribution in [0.5, 0.6) is 5.75 Å². The van der Waals surface area contributed by atoms with Gasteiger partial charge in [-0.1, -0.05) is 13.0 Å². The lowest BCUT2D eigenvalue weighted by molar-refractivity contribution is 0.266. The number of hydrogen-bond acceptors (Lipinski definition) is 3. The van der Waals surface area contributed by atoms with Crippen LogP contribution in [0.2, 0.25) is 0 Å². The van der Waals surface area contributed by atoms with Gasteiger partial charge in [-0.25, -0.2) is 4.39 Å². The number of nitriles is 1. The predicted molar refractivity (Wildman–Crippen MR) is 73.6 cm³/mol. The summed E-state index contributed by atoms with van der Waals surface area (Å²) in [7, 11) is 0. The van der Waals surface area contributed by atoms with E-state index in [1.54, 1.807) is 19.1 Å². The van der Waals surface area contributed by atoms with Crippen LogP contribution in [0.3, 0.4) is 0 Å². The Morgan fingerprint density at radius 3 is 2.79 bits per heavy atom. The van der Waals surface area contributed by atoms with Gasteiger partial charge in [-0.3, -0.25) is 5.32 Å². The van der Waals surface area contributed by atoms with E-state index in [9.17, 15) is 4.39 Å². The molecule has 1 rings (SSSR count). The van der Waals surface area contributed by atoms with Crippen molar-refractivity contribution in [2.45, 2.75) is 39.2 Å². The fraction of sp³-hybridized carbons (Fsp3) is 0.533. The lowest BCUT2D eigenvalue weighted by Crippen LogP contribution is -2.42. The summed E-state index contributed by atoms with van der Waals surface area (Å²) in [6.07, 6.45) is 1.53. The van der Waals surface area contributed by atoms with Crippen molar-refractivity contribution < 1.29 is 9.13 Å². The summed E-state index contributed by atoms with van der Waals surface area (Å²) < 4.78 is 18.8. The second-order valence-electron chi connectivity index (χ2n) is 4.88. The molecule has 0 aliphatic heterocycles. The highest BCUT2D eigenvalue weighted by atomic mass is 19.1. The van der Waals surface area contributed by atoms with Crippen molar-refractivity contribution in [3.05, 3.63) is 29.6 Å². The largest absolute Gasteiger partial charge is 0.493 e. The summed E-state index contributed by atoms with van der Waals surface area (Å²) in [5.74, 6) is 0.225. The van der Waals surface area contributed by atoms with Gasteiger partial charge in [0.1, 0.15) is 17.1 Å². The van der Waals surface area contributed by atoms with Crippen LogP contribution in [0, 0.1) is 24.1 Å². The molecule has 0 aliphatic rings. The van der Waals surface area contributed by atoms with Crippen molar-refractivity contribution in [2.24, 2.45) is 0 Å². The van der Waals surface area contributed by atoms with E-state index >= 15 is 0 Å². The molecule has 104 valence electrons. The standard InChI is InChI=1S/C15H21FN2O/c1-4-8-18-15(3,11-17)7-9-19-13-6-5-12(2)14(16)10-13/h5-6,10,18H,4,7-9H2,1-3H3. The summed E-state index contributed by atoms with van der Waals surface area (Å²) in [4.78, 5) is 0. The number of halogens is 1. The molecule has 19 heavy (non-hydrogen) atoms. The highest BCUT2D eigenvalue weighted by Crippen LogP contribution is 2.17. The fourth-order valence-corrected chi connectivity index (χ4v) is 1.62. The maximum absolute atomic E-state index is 13.3. The lowest BCUT2D eigenvalue weighted by atomic mass is 10.0. The van der Waals surface area contributed by atoms with Gasteiger partial charge in [-0.15, -0.1) is 0 Å². The van der Waals surface area contributed by atoms with E-state index < -0.39 is 5.54 Å². The molecular weight excluding hydrogens is 243 g/mol. The molecular formula is C15H21FN2O. The van der Waals surface area contributed by atoms with E-state index in [4.69, 9.17) is 10.00 Å². The molecule has 0 fully saturated rings. The quantitative estimate of drug-likeness (QED) is 0.822. The molecule has 0 amide bonds. The topological polar surface area (TPSA) is 45.0 Å². The average Bonchev–Trinajstić information content (AvgIpc) is 2.40. The Bertz CT molecular complexity index is 456. The molecule has 1 aromatic rings. The molecule has 1 atom stereocenters. The van der Waals surface area contributed by atoms with E-state index in [1.165, 1.54) is 6.07 Å². The summed E-state index contributed by atoms with van der Waals surface area (Å²) in [5, 5.41) is 12.3. The average molecular weight is 264 g/mol. The van der Waals surface area contributed by atoms with E-state index in [0.29, 0.717) is 24.3 Å². The third-order valence-corrected chi connectivity index (χ3v) is 3.03. The number of aryl methyl sites for hydroxylation is 1. The number of rotatable bonds is 7. The van der Waals surface area contributed by atoms with Crippen LogP contribution in [-0.4, -0.2) is 18.7 Å². The van der Waals surface area contributed by atoms with Crippen molar-refractivity contribution in [2.75, 3.05) is 13.2 Å². The van der Waals surface area contributed by atoms with Gasteiger partial charge in [-0.05, 0) is 38.4 Å². The molecule has 0 radical (unpaired) electrons. The Kier molecular flexibility index (Phi) is 5.78. The SMILES string of the molecule is CCCNC(C)(C#N)CCOc1ccc(C)c(F)c1. The van der Waals surface area contributed by atoms with Crippen molar-refractivity contribution in [3.63, 3.8) is 0 Å². The minimum absolute atomic E-state index is 0.273. The van der Waals surface area contributed by atoms with Gasteiger partial charge in [0.2, 0.25) is 0 Å². The van der Waals surface area contributed by atoms with Crippen molar-refractivity contribution >= 4 is 0 Å². The van der Waals surface area contributed by atoms with Crippen LogP contribution in [-0.2, 0) is 0 Å². The Balaban J connectivity index is 2.48. The van der Waals surface area contributed by atoms with Crippen LogP contribution in [0.1, 0.15) is 32.3 Å². The van der Waals surface area contributed by atoms with Crippen LogP contribution in [0.4, 0.5) is 4.39 Å². The first-order chi connectivity index (χ1) is 9.00. The smallest absolute Gasteiger partial charge is 0.129 e. The van der Waals surface area contributed by atoms with Gasteiger partial charge in [0.15, 0.2) is 0 Å². The molecule has 3 nitrogen and oxygen atoms in total. The number of hydrogen-bond donors (Lipinski definition) is 1. The van der Waals surface area contributed by atoms with Gasteiger partial charge in [0.05, 0.1) is 12.7 Å². The highest BCUT2D eigenvalue weighted by Gasteiger charge is 2.22.